The Kier molecular flexibility index (Phi) is 7.93. The standard InChI is InChI=1S/C18H25N3O3/c1-12(2)6-15(9-17(22)23)11-21-18(24)16(20)8-13-4-3-5-14(7-13)10-19/h3-5,7,12,15-16H,6,8-9,11,20H2,1-2H3,(H,21,24)(H,22,23)/t15-,16+/m0/s1. The van der Waals surface area contributed by atoms with E-state index in [2.05, 4.69) is 5.32 Å². The van der Waals surface area contributed by atoms with E-state index in [1.54, 1.807) is 18.2 Å². The fraction of sp³-hybridized carbons (Fsp3) is 0.500. The van der Waals surface area contributed by atoms with Gasteiger partial charge in [0.05, 0.1) is 17.7 Å². The molecule has 0 bridgehead atoms. The van der Waals surface area contributed by atoms with E-state index in [9.17, 15) is 9.59 Å². The predicted octanol–water partition coefficient (Wildman–Crippen LogP) is 1.68. The second kappa shape index (κ2) is 9.68. The molecule has 1 rings (SSSR count). The molecule has 1 amide bonds. The Labute approximate surface area is 142 Å². The van der Waals surface area contributed by atoms with Crippen molar-refractivity contribution in [3.63, 3.8) is 0 Å². The van der Waals surface area contributed by atoms with Crippen LogP contribution in [-0.4, -0.2) is 29.6 Å². The van der Waals surface area contributed by atoms with Crippen LogP contribution in [0.25, 0.3) is 0 Å². The molecular formula is C18H25N3O3. The highest BCUT2D eigenvalue weighted by molar-refractivity contribution is 5.81. The first-order valence-electron chi connectivity index (χ1n) is 8.06. The summed E-state index contributed by atoms with van der Waals surface area (Å²) in [6.07, 6.45) is 1.08. The van der Waals surface area contributed by atoms with E-state index in [0.29, 0.717) is 24.4 Å². The van der Waals surface area contributed by atoms with Gasteiger partial charge in [0, 0.05) is 13.0 Å². The summed E-state index contributed by atoms with van der Waals surface area (Å²) in [4.78, 5) is 23.0. The maximum Gasteiger partial charge on any atom is 0.303 e. The van der Waals surface area contributed by atoms with Gasteiger partial charge in [0.15, 0.2) is 0 Å². The number of rotatable bonds is 9. The second-order valence-electron chi connectivity index (χ2n) is 6.46. The normalized spacial score (nSPS) is 13.1. The minimum Gasteiger partial charge on any atom is -0.481 e. The topological polar surface area (TPSA) is 116 Å². The van der Waals surface area contributed by atoms with Crippen LogP contribution < -0.4 is 11.1 Å². The average Bonchev–Trinajstić information content (AvgIpc) is 2.51. The van der Waals surface area contributed by atoms with E-state index in [-0.39, 0.29) is 18.2 Å². The molecule has 0 saturated carbocycles. The number of carboxylic acid groups (broad SMARTS) is 1. The van der Waals surface area contributed by atoms with Crippen LogP contribution in [0, 0.1) is 23.2 Å². The lowest BCUT2D eigenvalue weighted by Crippen LogP contribution is -2.44. The van der Waals surface area contributed by atoms with Crippen molar-refractivity contribution in [2.24, 2.45) is 17.6 Å². The minimum atomic E-state index is -0.868. The molecule has 0 aliphatic heterocycles. The number of amides is 1. The third-order valence-corrected chi connectivity index (χ3v) is 3.68. The summed E-state index contributed by atoms with van der Waals surface area (Å²) in [6.45, 7) is 4.34. The Morgan fingerprint density at radius 1 is 1.38 bits per heavy atom. The highest BCUT2D eigenvalue weighted by Crippen LogP contribution is 2.15. The zero-order chi connectivity index (χ0) is 18.1. The zero-order valence-corrected chi connectivity index (χ0v) is 14.2. The number of aliphatic carboxylic acids is 1. The molecule has 6 heteroatoms. The van der Waals surface area contributed by atoms with Crippen LogP contribution in [0.5, 0.6) is 0 Å². The summed E-state index contributed by atoms with van der Waals surface area (Å²) >= 11 is 0. The predicted molar refractivity (Wildman–Crippen MR) is 91.0 cm³/mol. The molecule has 1 aromatic carbocycles. The molecule has 0 aliphatic carbocycles. The SMILES string of the molecule is CC(C)C[C@H](CNC(=O)[C@H](N)Cc1cccc(C#N)c1)CC(=O)O. The van der Waals surface area contributed by atoms with E-state index in [0.717, 1.165) is 12.0 Å². The van der Waals surface area contributed by atoms with Gasteiger partial charge in [0.25, 0.3) is 0 Å². The van der Waals surface area contributed by atoms with Crippen molar-refractivity contribution in [3.05, 3.63) is 35.4 Å². The van der Waals surface area contributed by atoms with Crippen molar-refractivity contribution in [1.29, 1.82) is 5.26 Å². The van der Waals surface area contributed by atoms with Gasteiger partial charge in [0.1, 0.15) is 0 Å². The summed E-state index contributed by atoms with van der Waals surface area (Å²) in [5.74, 6) is -0.932. The fourth-order valence-corrected chi connectivity index (χ4v) is 2.64. The van der Waals surface area contributed by atoms with E-state index >= 15 is 0 Å². The van der Waals surface area contributed by atoms with E-state index in [4.69, 9.17) is 16.1 Å². The number of benzene rings is 1. The first-order valence-corrected chi connectivity index (χ1v) is 8.06. The largest absolute Gasteiger partial charge is 0.481 e. The number of hydrogen-bond acceptors (Lipinski definition) is 4. The van der Waals surface area contributed by atoms with Crippen LogP contribution >= 0.6 is 0 Å². The van der Waals surface area contributed by atoms with Gasteiger partial charge in [-0.1, -0.05) is 26.0 Å². The lowest BCUT2D eigenvalue weighted by atomic mass is 9.94. The Balaban J connectivity index is 2.55. The van der Waals surface area contributed by atoms with Crippen molar-refractivity contribution in [1.82, 2.24) is 5.32 Å². The van der Waals surface area contributed by atoms with Crippen LogP contribution in [-0.2, 0) is 16.0 Å². The van der Waals surface area contributed by atoms with Crippen molar-refractivity contribution >= 4 is 11.9 Å². The Morgan fingerprint density at radius 3 is 2.67 bits per heavy atom. The number of nitrogens with two attached hydrogens (primary N) is 1. The molecule has 130 valence electrons. The van der Waals surface area contributed by atoms with Crippen LogP contribution in [0.1, 0.15) is 37.8 Å². The molecule has 6 nitrogen and oxygen atoms in total. The number of nitriles is 1. The molecular weight excluding hydrogens is 306 g/mol. The van der Waals surface area contributed by atoms with Crippen LogP contribution in [0.3, 0.4) is 0 Å². The van der Waals surface area contributed by atoms with Gasteiger partial charge in [-0.05, 0) is 42.4 Å². The summed E-state index contributed by atoms with van der Waals surface area (Å²) in [7, 11) is 0. The second-order valence-corrected chi connectivity index (χ2v) is 6.46. The van der Waals surface area contributed by atoms with Gasteiger partial charge < -0.3 is 16.2 Å². The van der Waals surface area contributed by atoms with Gasteiger partial charge in [-0.15, -0.1) is 0 Å². The molecule has 4 N–H and O–H groups in total. The quantitative estimate of drug-likeness (QED) is 0.636. The molecule has 0 unspecified atom stereocenters. The first-order chi connectivity index (χ1) is 11.3. The average molecular weight is 331 g/mol. The highest BCUT2D eigenvalue weighted by atomic mass is 16.4. The Hall–Kier alpha value is -2.39. The zero-order valence-electron chi connectivity index (χ0n) is 14.2. The van der Waals surface area contributed by atoms with Crippen molar-refractivity contribution < 1.29 is 14.7 Å². The molecule has 0 radical (unpaired) electrons. The third kappa shape index (κ3) is 7.25. The number of nitrogens with zero attached hydrogens (tertiary/aromatic N) is 1. The lowest BCUT2D eigenvalue weighted by molar-refractivity contribution is -0.138. The molecule has 0 aliphatic rings. The number of hydrogen-bond donors (Lipinski definition) is 3. The number of carbonyl (C=O) groups excluding carboxylic acids is 1. The van der Waals surface area contributed by atoms with E-state index in [1.807, 2.05) is 26.0 Å². The lowest BCUT2D eigenvalue weighted by Gasteiger charge is -2.19. The van der Waals surface area contributed by atoms with Crippen LogP contribution in [0.4, 0.5) is 0 Å². The molecule has 2 atom stereocenters. The number of carbonyl (C=O) groups is 2. The number of carboxylic acids is 1. The summed E-state index contributed by atoms with van der Waals surface area (Å²) in [5, 5.41) is 20.6. The molecule has 1 aromatic rings. The summed E-state index contributed by atoms with van der Waals surface area (Å²) in [5.41, 5.74) is 7.27. The fourth-order valence-electron chi connectivity index (χ4n) is 2.64. The summed E-state index contributed by atoms with van der Waals surface area (Å²) in [6, 6.07) is 8.29. The van der Waals surface area contributed by atoms with Crippen molar-refractivity contribution in [2.45, 2.75) is 39.2 Å². The maximum atomic E-state index is 12.1. The van der Waals surface area contributed by atoms with Gasteiger partial charge >= 0.3 is 5.97 Å². The molecule has 24 heavy (non-hydrogen) atoms. The Morgan fingerprint density at radius 2 is 2.08 bits per heavy atom. The van der Waals surface area contributed by atoms with Crippen molar-refractivity contribution in [3.8, 4) is 6.07 Å². The molecule has 0 fully saturated rings. The minimum absolute atomic E-state index is 0.0257. The van der Waals surface area contributed by atoms with Crippen LogP contribution in [0.15, 0.2) is 24.3 Å². The van der Waals surface area contributed by atoms with E-state index < -0.39 is 12.0 Å². The van der Waals surface area contributed by atoms with Crippen molar-refractivity contribution in [2.75, 3.05) is 6.54 Å². The molecule has 0 spiro atoms. The van der Waals surface area contributed by atoms with Gasteiger partial charge in [-0.25, -0.2) is 0 Å². The maximum absolute atomic E-state index is 12.1. The Bertz CT molecular complexity index is 608. The molecule has 0 aromatic heterocycles. The third-order valence-electron chi connectivity index (χ3n) is 3.68. The number of nitrogens with one attached hydrogen (secondary N) is 1. The van der Waals surface area contributed by atoms with Crippen LogP contribution in [0.2, 0.25) is 0 Å². The van der Waals surface area contributed by atoms with E-state index in [1.165, 1.54) is 0 Å². The first kappa shape index (κ1) is 19.7. The monoisotopic (exact) mass is 331 g/mol. The van der Waals surface area contributed by atoms with Gasteiger partial charge in [-0.3, -0.25) is 9.59 Å². The smallest absolute Gasteiger partial charge is 0.303 e. The molecule has 0 heterocycles. The van der Waals surface area contributed by atoms with Gasteiger partial charge in [-0.2, -0.15) is 5.26 Å². The molecule has 0 saturated heterocycles. The summed E-state index contributed by atoms with van der Waals surface area (Å²) < 4.78 is 0. The van der Waals surface area contributed by atoms with Gasteiger partial charge in [0.2, 0.25) is 5.91 Å². The highest BCUT2D eigenvalue weighted by Gasteiger charge is 2.19.